The van der Waals surface area contributed by atoms with E-state index >= 15 is 0 Å². The zero-order valence-corrected chi connectivity index (χ0v) is 15.0. The minimum absolute atomic E-state index is 0.218. The van der Waals surface area contributed by atoms with Crippen LogP contribution in [0.25, 0.3) is 0 Å². The van der Waals surface area contributed by atoms with Crippen molar-refractivity contribution in [2.75, 3.05) is 10.0 Å². The number of anilines is 2. The molecule has 0 aliphatic rings. The Morgan fingerprint density at radius 1 is 1.21 bits per heavy atom. The molecule has 1 aromatic carbocycles. The Balaban J connectivity index is 1.78. The molecule has 0 saturated heterocycles. The molecule has 0 aliphatic carbocycles. The van der Waals surface area contributed by atoms with Gasteiger partial charge in [0.1, 0.15) is 4.21 Å². The second-order valence-electron chi connectivity index (χ2n) is 4.85. The quantitative estimate of drug-likeness (QED) is 0.709. The average Bonchev–Trinajstić information content (AvgIpc) is 3.19. The van der Waals surface area contributed by atoms with Gasteiger partial charge >= 0.3 is 0 Å². The van der Waals surface area contributed by atoms with Crippen LogP contribution in [0.15, 0.2) is 52.2 Å². The molecule has 2 aromatic heterocycles. The van der Waals surface area contributed by atoms with Crippen LogP contribution in [-0.4, -0.2) is 19.3 Å². The Morgan fingerprint density at radius 2 is 2.04 bits per heavy atom. The van der Waals surface area contributed by atoms with Crippen molar-refractivity contribution in [3.8, 4) is 0 Å². The van der Waals surface area contributed by atoms with Gasteiger partial charge in [-0.15, -0.1) is 22.7 Å². The third-order valence-electron chi connectivity index (χ3n) is 2.98. The molecule has 3 aromatic rings. The fourth-order valence-corrected chi connectivity index (χ4v) is 4.63. The standard InChI is InChI=1S/C15H13N3O3S3/c1-10-9-16-15(23-10)17-14(19)11-4-2-5-12(8-11)18-24(20,21)13-6-3-7-22-13/h2-9,18H,1H3,(H,16,17,19). The van der Waals surface area contributed by atoms with Gasteiger partial charge in [0.25, 0.3) is 15.9 Å². The van der Waals surface area contributed by atoms with E-state index in [0.29, 0.717) is 16.4 Å². The molecule has 0 bridgehead atoms. The number of thiazole rings is 1. The zero-order chi connectivity index (χ0) is 17.2. The molecule has 124 valence electrons. The number of amides is 1. The lowest BCUT2D eigenvalue weighted by Gasteiger charge is -2.08. The van der Waals surface area contributed by atoms with Crippen molar-refractivity contribution in [1.82, 2.24) is 4.98 Å². The first kappa shape index (κ1) is 16.6. The van der Waals surface area contributed by atoms with Crippen LogP contribution in [0.3, 0.4) is 0 Å². The Labute approximate surface area is 147 Å². The summed E-state index contributed by atoms with van der Waals surface area (Å²) in [6, 6.07) is 9.50. The summed E-state index contributed by atoms with van der Waals surface area (Å²) in [7, 11) is -3.64. The molecule has 0 fully saturated rings. The van der Waals surface area contributed by atoms with E-state index in [-0.39, 0.29) is 10.1 Å². The number of carbonyl (C=O) groups is 1. The summed E-state index contributed by atoms with van der Waals surface area (Å²) in [5.74, 6) is -0.346. The first-order valence-corrected chi connectivity index (χ1v) is 10.0. The van der Waals surface area contributed by atoms with Crippen molar-refractivity contribution in [3.63, 3.8) is 0 Å². The molecule has 6 nitrogen and oxygen atoms in total. The van der Waals surface area contributed by atoms with Crippen LogP contribution in [0.2, 0.25) is 0 Å². The number of rotatable bonds is 5. The molecule has 24 heavy (non-hydrogen) atoms. The number of hydrogen-bond acceptors (Lipinski definition) is 6. The monoisotopic (exact) mass is 379 g/mol. The molecule has 9 heteroatoms. The summed E-state index contributed by atoms with van der Waals surface area (Å²) in [5.41, 5.74) is 0.667. The van der Waals surface area contributed by atoms with E-state index in [4.69, 9.17) is 0 Å². The maximum absolute atomic E-state index is 12.3. The third-order valence-corrected chi connectivity index (χ3v) is 6.59. The van der Waals surface area contributed by atoms with Crippen LogP contribution in [-0.2, 0) is 10.0 Å². The zero-order valence-electron chi connectivity index (χ0n) is 12.5. The number of hydrogen-bond donors (Lipinski definition) is 2. The summed E-state index contributed by atoms with van der Waals surface area (Å²) >= 11 is 2.50. The molecule has 0 atom stereocenters. The van der Waals surface area contributed by atoms with Crippen molar-refractivity contribution in [2.45, 2.75) is 11.1 Å². The number of carbonyl (C=O) groups excluding carboxylic acids is 1. The Hall–Kier alpha value is -2.23. The van der Waals surface area contributed by atoms with Gasteiger partial charge in [-0.3, -0.25) is 14.8 Å². The third kappa shape index (κ3) is 3.81. The lowest BCUT2D eigenvalue weighted by Crippen LogP contribution is -2.14. The normalized spacial score (nSPS) is 11.2. The summed E-state index contributed by atoms with van der Waals surface area (Å²) in [6.07, 6.45) is 1.67. The molecule has 3 rings (SSSR count). The molecular weight excluding hydrogens is 366 g/mol. The molecule has 0 saturated carbocycles. The van der Waals surface area contributed by atoms with Gasteiger partial charge in [0.2, 0.25) is 0 Å². The van der Waals surface area contributed by atoms with Gasteiger partial charge < -0.3 is 0 Å². The van der Waals surface area contributed by atoms with Gasteiger partial charge in [-0.05, 0) is 36.6 Å². The largest absolute Gasteiger partial charge is 0.298 e. The highest BCUT2D eigenvalue weighted by molar-refractivity contribution is 7.94. The van der Waals surface area contributed by atoms with Gasteiger partial charge in [-0.2, -0.15) is 0 Å². The highest BCUT2D eigenvalue weighted by Crippen LogP contribution is 2.22. The number of aromatic nitrogens is 1. The second kappa shape index (κ2) is 6.71. The van der Waals surface area contributed by atoms with Crippen molar-refractivity contribution < 1.29 is 13.2 Å². The first-order valence-electron chi connectivity index (χ1n) is 6.84. The van der Waals surface area contributed by atoms with Gasteiger partial charge in [-0.25, -0.2) is 13.4 Å². The minimum Gasteiger partial charge on any atom is -0.298 e. The highest BCUT2D eigenvalue weighted by Gasteiger charge is 2.16. The smallest absolute Gasteiger partial charge is 0.271 e. The molecule has 1 amide bonds. The van der Waals surface area contributed by atoms with Crippen LogP contribution in [0.4, 0.5) is 10.8 Å². The van der Waals surface area contributed by atoms with E-state index < -0.39 is 10.0 Å². The van der Waals surface area contributed by atoms with E-state index in [1.165, 1.54) is 23.5 Å². The highest BCUT2D eigenvalue weighted by atomic mass is 32.2. The average molecular weight is 379 g/mol. The lowest BCUT2D eigenvalue weighted by molar-refractivity contribution is 0.102. The van der Waals surface area contributed by atoms with Gasteiger partial charge in [0, 0.05) is 22.3 Å². The lowest BCUT2D eigenvalue weighted by atomic mass is 10.2. The molecular formula is C15H13N3O3S3. The van der Waals surface area contributed by atoms with Gasteiger partial charge in [0.15, 0.2) is 5.13 Å². The number of aryl methyl sites for hydroxylation is 1. The number of nitrogens with zero attached hydrogens (tertiary/aromatic N) is 1. The van der Waals surface area contributed by atoms with Crippen LogP contribution < -0.4 is 10.0 Å². The number of benzene rings is 1. The summed E-state index contributed by atoms with van der Waals surface area (Å²) in [4.78, 5) is 17.3. The summed E-state index contributed by atoms with van der Waals surface area (Å²) in [6.45, 7) is 1.90. The first-order chi connectivity index (χ1) is 11.4. The Bertz CT molecular complexity index is 963. The fourth-order valence-electron chi connectivity index (χ4n) is 1.93. The van der Waals surface area contributed by atoms with Crippen molar-refractivity contribution in [2.24, 2.45) is 0 Å². The van der Waals surface area contributed by atoms with Crippen molar-refractivity contribution in [1.29, 1.82) is 0 Å². The number of sulfonamides is 1. The van der Waals surface area contributed by atoms with Crippen molar-refractivity contribution >= 4 is 49.4 Å². The number of nitrogens with one attached hydrogen (secondary N) is 2. The molecule has 2 heterocycles. The maximum Gasteiger partial charge on any atom is 0.271 e. The van der Waals surface area contributed by atoms with Gasteiger partial charge in [0.05, 0.1) is 0 Å². The van der Waals surface area contributed by atoms with Crippen LogP contribution in [0, 0.1) is 6.92 Å². The van der Waals surface area contributed by atoms with E-state index in [9.17, 15) is 13.2 Å². The Kier molecular flexibility index (Phi) is 4.65. The van der Waals surface area contributed by atoms with E-state index in [1.807, 2.05) is 6.92 Å². The predicted molar refractivity (Wildman–Crippen MR) is 96.4 cm³/mol. The minimum atomic E-state index is -3.64. The molecule has 0 radical (unpaired) electrons. The van der Waals surface area contributed by atoms with Crippen LogP contribution >= 0.6 is 22.7 Å². The second-order valence-corrected chi connectivity index (χ2v) is 8.94. The van der Waals surface area contributed by atoms with E-state index in [1.54, 1.807) is 35.8 Å². The van der Waals surface area contributed by atoms with Crippen molar-refractivity contribution in [3.05, 3.63) is 58.4 Å². The number of thiophene rings is 1. The van der Waals surface area contributed by atoms with Crippen LogP contribution in [0.5, 0.6) is 0 Å². The predicted octanol–water partition coefficient (Wildman–Crippen LogP) is 3.57. The van der Waals surface area contributed by atoms with E-state index in [0.717, 1.165) is 16.2 Å². The topological polar surface area (TPSA) is 88.2 Å². The summed E-state index contributed by atoms with van der Waals surface area (Å²) < 4.78 is 27.1. The maximum atomic E-state index is 12.3. The Morgan fingerprint density at radius 3 is 2.71 bits per heavy atom. The van der Waals surface area contributed by atoms with Crippen LogP contribution in [0.1, 0.15) is 15.2 Å². The molecule has 0 unspecified atom stereocenters. The SMILES string of the molecule is Cc1cnc(NC(=O)c2cccc(NS(=O)(=O)c3cccs3)c2)s1. The summed E-state index contributed by atoms with van der Waals surface area (Å²) in [5, 5.41) is 4.88. The molecule has 2 N–H and O–H groups in total. The molecule has 0 aliphatic heterocycles. The molecule has 0 spiro atoms. The van der Waals surface area contributed by atoms with Gasteiger partial charge in [-0.1, -0.05) is 12.1 Å². The fraction of sp³-hybridized carbons (Fsp3) is 0.0667. The van der Waals surface area contributed by atoms with E-state index in [2.05, 4.69) is 15.0 Å².